The smallest absolute Gasteiger partial charge is 0.190 e. The summed E-state index contributed by atoms with van der Waals surface area (Å²) >= 11 is 0. The van der Waals surface area contributed by atoms with Crippen molar-refractivity contribution < 1.29 is 29.5 Å². The molecule has 2 heterocycles. The van der Waals surface area contributed by atoms with E-state index >= 15 is 0 Å². The molecule has 0 aromatic rings. The summed E-state index contributed by atoms with van der Waals surface area (Å²) in [5.74, 6) is -0.786. The first kappa shape index (κ1) is 11.3. The third-order valence-electron chi connectivity index (χ3n) is 2.62. The predicted octanol–water partition coefficient (Wildman–Crippen LogP) is -1.42. The van der Waals surface area contributed by atoms with E-state index in [1.807, 2.05) is 0 Å². The molecule has 2 saturated heterocycles. The van der Waals surface area contributed by atoms with Crippen molar-refractivity contribution in [3.05, 3.63) is 0 Å². The van der Waals surface area contributed by atoms with Crippen LogP contribution in [0.4, 0.5) is 0 Å². The SMILES string of the molecule is CC1(C)O[C@@H]2O[C@@H](C(O)CO)C(O)[C@H]2O1. The number of fused-ring (bicyclic) bond motifs is 1. The molecular formula is C9H16O6. The Balaban J connectivity index is 2.05. The van der Waals surface area contributed by atoms with Gasteiger partial charge in [-0.25, -0.2) is 0 Å². The molecule has 0 aliphatic carbocycles. The van der Waals surface area contributed by atoms with E-state index in [9.17, 15) is 10.2 Å². The number of hydrogen-bond acceptors (Lipinski definition) is 6. The quantitative estimate of drug-likeness (QED) is 0.529. The zero-order valence-corrected chi connectivity index (χ0v) is 8.66. The van der Waals surface area contributed by atoms with Gasteiger partial charge in [0.25, 0.3) is 0 Å². The van der Waals surface area contributed by atoms with Gasteiger partial charge in [0.15, 0.2) is 12.1 Å². The van der Waals surface area contributed by atoms with E-state index in [0.29, 0.717) is 0 Å². The first-order chi connectivity index (χ1) is 6.94. The molecule has 15 heavy (non-hydrogen) atoms. The highest BCUT2D eigenvalue weighted by atomic mass is 16.8. The molecule has 0 amide bonds. The van der Waals surface area contributed by atoms with Gasteiger partial charge in [0, 0.05) is 0 Å². The van der Waals surface area contributed by atoms with Crippen LogP contribution in [0.3, 0.4) is 0 Å². The largest absolute Gasteiger partial charge is 0.394 e. The van der Waals surface area contributed by atoms with Crippen molar-refractivity contribution in [3.8, 4) is 0 Å². The Morgan fingerprint density at radius 1 is 1.33 bits per heavy atom. The molecule has 2 fully saturated rings. The van der Waals surface area contributed by atoms with Gasteiger partial charge in [0.05, 0.1) is 6.61 Å². The second-order valence-corrected chi connectivity index (χ2v) is 4.31. The summed E-state index contributed by atoms with van der Waals surface area (Å²) in [6.07, 6.45) is -4.26. The lowest BCUT2D eigenvalue weighted by atomic mass is 10.1. The lowest BCUT2D eigenvalue weighted by Crippen LogP contribution is -2.42. The molecule has 2 aliphatic rings. The van der Waals surface area contributed by atoms with Crippen LogP contribution < -0.4 is 0 Å². The first-order valence-electron chi connectivity index (χ1n) is 4.93. The second-order valence-electron chi connectivity index (χ2n) is 4.31. The third-order valence-corrected chi connectivity index (χ3v) is 2.62. The predicted molar refractivity (Wildman–Crippen MR) is 47.8 cm³/mol. The number of aliphatic hydroxyl groups is 3. The highest BCUT2D eigenvalue weighted by molar-refractivity contribution is 4.95. The van der Waals surface area contributed by atoms with Gasteiger partial charge >= 0.3 is 0 Å². The number of hydrogen-bond donors (Lipinski definition) is 3. The fourth-order valence-corrected chi connectivity index (χ4v) is 1.94. The molecule has 0 spiro atoms. The average molecular weight is 220 g/mol. The van der Waals surface area contributed by atoms with Gasteiger partial charge < -0.3 is 29.5 Å². The van der Waals surface area contributed by atoms with Gasteiger partial charge in [-0.15, -0.1) is 0 Å². The number of rotatable bonds is 2. The minimum atomic E-state index is -1.12. The van der Waals surface area contributed by atoms with Gasteiger partial charge in [0.2, 0.25) is 0 Å². The Labute approximate surface area is 87.4 Å². The van der Waals surface area contributed by atoms with Crippen LogP contribution in [0.2, 0.25) is 0 Å². The number of aliphatic hydroxyl groups excluding tert-OH is 3. The van der Waals surface area contributed by atoms with Crippen molar-refractivity contribution in [2.45, 2.75) is 50.3 Å². The van der Waals surface area contributed by atoms with Crippen LogP contribution >= 0.6 is 0 Å². The molecular weight excluding hydrogens is 204 g/mol. The van der Waals surface area contributed by atoms with Crippen molar-refractivity contribution in [3.63, 3.8) is 0 Å². The molecule has 5 atom stereocenters. The van der Waals surface area contributed by atoms with Gasteiger partial charge in [-0.2, -0.15) is 0 Å². The molecule has 2 rings (SSSR count). The van der Waals surface area contributed by atoms with Crippen LogP contribution in [-0.2, 0) is 14.2 Å². The Bertz CT molecular complexity index is 243. The minimum absolute atomic E-state index is 0.468. The monoisotopic (exact) mass is 220 g/mol. The van der Waals surface area contributed by atoms with Crippen LogP contribution in [0.5, 0.6) is 0 Å². The summed E-state index contributed by atoms with van der Waals surface area (Å²) in [6, 6.07) is 0. The summed E-state index contributed by atoms with van der Waals surface area (Å²) in [5, 5.41) is 27.9. The zero-order chi connectivity index (χ0) is 11.2. The molecule has 0 bridgehead atoms. The first-order valence-corrected chi connectivity index (χ1v) is 4.93. The highest BCUT2D eigenvalue weighted by Gasteiger charge is 2.55. The van der Waals surface area contributed by atoms with Gasteiger partial charge in [-0.05, 0) is 13.8 Å². The average Bonchev–Trinajstić information content (AvgIpc) is 2.60. The van der Waals surface area contributed by atoms with E-state index in [0.717, 1.165) is 0 Å². The van der Waals surface area contributed by atoms with Crippen LogP contribution in [0.1, 0.15) is 13.8 Å². The summed E-state index contributed by atoms with van der Waals surface area (Å²) in [5.41, 5.74) is 0. The molecule has 2 unspecified atom stereocenters. The second kappa shape index (κ2) is 3.65. The normalized spacial score (nSPS) is 45.4. The molecule has 6 heteroatoms. The minimum Gasteiger partial charge on any atom is -0.394 e. The van der Waals surface area contributed by atoms with Crippen molar-refractivity contribution in [2.24, 2.45) is 0 Å². The van der Waals surface area contributed by atoms with E-state index in [1.165, 1.54) is 0 Å². The van der Waals surface area contributed by atoms with Crippen molar-refractivity contribution >= 4 is 0 Å². The van der Waals surface area contributed by atoms with E-state index in [2.05, 4.69) is 0 Å². The maximum atomic E-state index is 9.79. The van der Waals surface area contributed by atoms with Crippen molar-refractivity contribution in [2.75, 3.05) is 6.61 Å². The van der Waals surface area contributed by atoms with E-state index in [-0.39, 0.29) is 0 Å². The third kappa shape index (κ3) is 1.89. The lowest BCUT2D eigenvalue weighted by molar-refractivity contribution is -0.227. The van der Waals surface area contributed by atoms with Crippen LogP contribution in [0.15, 0.2) is 0 Å². The highest BCUT2D eigenvalue weighted by Crippen LogP contribution is 2.38. The summed E-state index contributed by atoms with van der Waals surface area (Å²) in [7, 11) is 0. The molecule has 0 aromatic carbocycles. The topological polar surface area (TPSA) is 88.4 Å². The zero-order valence-electron chi connectivity index (χ0n) is 8.66. The Morgan fingerprint density at radius 2 is 2.00 bits per heavy atom. The van der Waals surface area contributed by atoms with Crippen LogP contribution in [0.25, 0.3) is 0 Å². The van der Waals surface area contributed by atoms with E-state index < -0.39 is 43.1 Å². The van der Waals surface area contributed by atoms with Crippen LogP contribution in [0, 0.1) is 0 Å². The number of ether oxygens (including phenoxy) is 3. The van der Waals surface area contributed by atoms with Crippen LogP contribution in [-0.4, -0.2) is 58.4 Å². The molecule has 88 valence electrons. The molecule has 6 nitrogen and oxygen atoms in total. The standard InChI is InChI=1S/C9H16O6/c1-9(2)14-7-5(12)6(4(11)3-10)13-8(7)15-9/h4-8,10-12H,3H2,1-2H3/t4?,5?,6-,7+,8-/m0/s1. The van der Waals surface area contributed by atoms with Gasteiger partial charge in [-0.3, -0.25) is 0 Å². The molecule has 0 saturated carbocycles. The molecule has 3 N–H and O–H groups in total. The maximum Gasteiger partial charge on any atom is 0.190 e. The summed E-state index contributed by atoms with van der Waals surface area (Å²) in [6.45, 7) is 2.97. The van der Waals surface area contributed by atoms with E-state index in [1.54, 1.807) is 13.8 Å². The van der Waals surface area contributed by atoms with Gasteiger partial charge in [0.1, 0.15) is 24.4 Å². The van der Waals surface area contributed by atoms with Crippen molar-refractivity contribution in [1.29, 1.82) is 0 Å². The van der Waals surface area contributed by atoms with Gasteiger partial charge in [-0.1, -0.05) is 0 Å². The van der Waals surface area contributed by atoms with E-state index in [4.69, 9.17) is 19.3 Å². The summed E-state index contributed by atoms with van der Waals surface area (Å²) < 4.78 is 16.1. The maximum absolute atomic E-state index is 9.79. The Hall–Kier alpha value is -0.240. The molecule has 2 aliphatic heterocycles. The Morgan fingerprint density at radius 3 is 2.53 bits per heavy atom. The molecule has 0 aromatic heterocycles. The Kier molecular flexibility index (Phi) is 2.74. The summed E-state index contributed by atoms with van der Waals surface area (Å²) in [4.78, 5) is 0. The fourth-order valence-electron chi connectivity index (χ4n) is 1.94. The lowest BCUT2D eigenvalue weighted by Gasteiger charge is -2.24. The molecule has 0 radical (unpaired) electrons. The fraction of sp³-hybridized carbons (Fsp3) is 1.00. The van der Waals surface area contributed by atoms with Crippen molar-refractivity contribution in [1.82, 2.24) is 0 Å².